The first-order valence-electron chi connectivity index (χ1n) is 12.2. The highest BCUT2D eigenvalue weighted by atomic mass is 16.5. The summed E-state index contributed by atoms with van der Waals surface area (Å²) in [5.41, 5.74) is 3.05. The van der Waals surface area contributed by atoms with Gasteiger partial charge in [0.2, 0.25) is 5.91 Å². The molecule has 1 aromatic heterocycles. The highest BCUT2D eigenvalue weighted by Crippen LogP contribution is 2.46. The number of nitrogens with zero attached hydrogens (tertiary/aromatic N) is 5. The predicted octanol–water partition coefficient (Wildman–Crippen LogP) is 2.78. The summed E-state index contributed by atoms with van der Waals surface area (Å²) in [6.07, 6.45) is 10.9. The Balaban J connectivity index is 1.13. The van der Waals surface area contributed by atoms with Crippen LogP contribution in [0.5, 0.6) is 0 Å². The Bertz CT molecular complexity index is 1040. The van der Waals surface area contributed by atoms with E-state index in [0.29, 0.717) is 24.7 Å². The summed E-state index contributed by atoms with van der Waals surface area (Å²) < 4.78 is 5.12. The number of hydrogen-bond acceptors (Lipinski definition) is 8. The van der Waals surface area contributed by atoms with E-state index in [-0.39, 0.29) is 29.9 Å². The fourth-order valence-corrected chi connectivity index (χ4v) is 5.47. The van der Waals surface area contributed by atoms with Crippen LogP contribution in [0.1, 0.15) is 58.1 Å². The zero-order valence-corrected chi connectivity index (χ0v) is 19.9. The Labute approximate surface area is 200 Å². The van der Waals surface area contributed by atoms with Gasteiger partial charge in [0.25, 0.3) is 0 Å². The molecule has 9 nitrogen and oxygen atoms in total. The van der Waals surface area contributed by atoms with Gasteiger partial charge in [-0.3, -0.25) is 9.78 Å². The van der Waals surface area contributed by atoms with Crippen molar-refractivity contribution in [1.29, 1.82) is 0 Å². The van der Waals surface area contributed by atoms with Crippen LogP contribution in [0.4, 0.5) is 5.69 Å². The van der Waals surface area contributed by atoms with Crippen molar-refractivity contribution in [2.45, 2.75) is 71.0 Å². The number of amides is 1. The van der Waals surface area contributed by atoms with E-state index in [1.807, 2.05) is 17.3 Å². The van der Waals surface area contributed by atoms with E-state index in [4.69, 9.17) is 4.74 Å². The van der Waals surface area contributed by atoms with E-state index in [2.05, 4.69) is 44.5 Å². The summed E-state index contributed by atoms with van der Waals surface area (Å²) >= 11 is 0. The average molecular weight is 465 g/mol. The Hall–Kier alpha value is -3.07. The van der Waals surface area contributed by atoms with Gasteiger partial charge in [-0.1, -0.05) is 0 Å². The Kier molecular flexibility index (Phi) is 6.20. The normalized spacial score (nSPS) is 29.4. The lowest BCUT2D eigenvalue weighted by Crippen LogP contribution is -2.42. The molecule has 1 N–H and O–H groups in total. The van der Waals surface area contributed by atoms with Crippen LogP contribution in [0, 0.1) is 5.41 Å². The lowest BCUT2D eigenvalue weighted by Gasteiger charge is -2.36. The third-order valence-corrected chi connectivity index (χ3v) is 7.79. The van der Waals surface area contributed by atoms with Crippen LogP contribution in [-0.2, 0) is 20.9 Å². The minimum Gasteiger partial charge on any atom is -0.456 e. The number of anilines is 1. The number of cyclic esters (lactones) is 1. The van der Waals surface area contributed by atoms with E-state index in [1.54, 1.807) is 13.3 Å². The summed E-state index contributed by atoms with van der Waals surface area (Å²) in [6, 6.07) is 4.79. The minimum atomic E-state index is -0.304. The third kappa shape index (κ3) is 4.24. The SMILES string of the molecule is CC1=C(N2CCC3(CCC(NCc4ccc(N5C=NN=CCC5C)cn4)CC3)C2=O)COC1=O. The fourth-order valence-electron chi connectivity index (χ4n) is 5.47. The molecule has 1 unspecified atom stereocenters. The topological polar surface area (TPSA) is 99.5 Å². The van der Waals surface area contributed by atoms with E-state index in [9.17, 15) is 9.59 Å². The molecule has 1 amide bonds. The van der Waals surface area contributed by atoms with Crippen molar-refractivity contribution < 1.29 is 14.3 Å². The molecular formula is C25H32N6O3. The molecule has 0 bridgehead atoms. The lowest BCUT2D eigenvalue weighted by molar-refractivity contribution is -0.138. The minimum absolute atomic E-state index is 0.174. The van der Waals surface area contributed by atoms with Gasteiger partial charge in [0.15, 0.2) is 0 Å². The largest absolute Gasteiger partial charge is 0.456 e. The fraction of sp³-hybridized carbons (Fsp3) is 0.560. The second-order valence-corrected chi connectivity index (χ2v) is 9.82. The number of ether oxygens (including phenoxy) is 1. The van der Waals surface area contributed by atoms with E-state index < -0.39 is 0 Å². The number of nitrogens with one attached hydrogen (secondary N) is 1. The number of carbonyl (C=O) groups excluding carboxylic acids is 2. The Morgan fingerprint density at radius 2 is 2.00 bits per heavy atom. The van der Waals surface area contributed by atoms with Crippen LogP contribution in [0.25, 0.3) is 0 Å². The number of esters is 1. The molecule has 0 aromatic carbocycles. The molecule has 34 heavy (non-hydrogen) atoms. The molecule has 1 saturated carbocycles. The van der Waals surface area contributed by atoms with Crippen LogP contribution in [0.2, 0.25) is 0 Å². The highest BCUT2D eigenvalue weighted by Gasteiger charge is 2.50. The van der Waals surface area contributed by atoms with Gasteiger partial charge in [0.1, 0.15) is 12.9 Å². The molecule has 2 fully saturated rings. The number of aromatic nitrogens is 1. The first kappa shape index (κ1) is 22.7. The zero-order valence-electron chi connectivity index (χ0n) is 19.9. The van der Waals surface area contributed by atoms with Crippen molar-refractivity contribution in [1.82, 2.24) is 15.2 Å². The molecule has 1 atom stereocenters. The van der Waals surface area contributed by atoms with Crippen LogP contribution in [0.15, 0.2) is 39.8 Å². The van der Waals surface area contributed by atoms with Crippen LogP contribution in [0.3, 0.4) is 0 Å². The summed E-state index contributed by atoms with van der Waals surface area (Å²) in [5, 5.41) is 11.7. The van der Waals surface area contributed by atoms with Gasteiger partial charge in [-0.25, -0.2) is 4.79 Å². The van der Waals surface area contributed by atoms with E-state index in [0.717, 1.165) is 55.6 Å². The summed E-state index contributed by atoms with van der Waals surface area (Å²) in [7, 11) is 0. The number of carbonyl (C=O) groups is 2. The molecule has 5 rings (SSSR count). The lowest BCUT2D eigenvalue weighted by atomic mass is 9.71. The molecule has 1 saturated heterocycles. The molecule has 9 heteroatoms. The van der Waals surface area contributed by atoms with Gasteiger partial charge in [0, 0.05) is 37.8 Å². The maximum absolute atomic E-state index is 13.3. The average Bonchev–Trinajstić information content (AvgIpc) is 3.24. The molecule has 4 aliphatic rings. The quantitative estimate of drug-likeness (QED) is 0.673. The second-order valence-electron chi connectivity index (χ2n) is 9.82. The van der Waals surface area contributed by atoms with Gasteiger partial charge in [0.05, 0.1) is 34.3 Å². The standard InChI is InChI=1S/C25H32N6O3/c1-17-7-11-28-29-16-31(17)21-4-3-20(27-14-21)13-26-19-5-8-25(9-6-19)10-12-30(24(25)33)22-15-34-23(32)18(22)2/h3-4,11,14,16-17,19,26H,5-10,12-13,15H2,1-2H3. The van der Waals surface area contributed by atoms with E-state index >= 15 is 0 Å². The maximum Gasteiger partial charge on any atom is 0.336 e. The first-order valence-corrected chi connectivity index (χ1v) is 12.2. The number of rotatable bonds is 5. The first-order chi connectivity index (χ1) is 16.5. The van der Waals surface area contributed by atoms with Gasteiger partial charge in [-0.05, 0) is 58.1 Å². The van der Waals surface area contributed by atoms with E-state index in [1.165, 1.54) is 0 Å². The Morgan fingerprint density at radius 3 is 2.71 bits per heavy atom. The van der Waals surface area contributed by atoms with Crippen LogP contribution in [-0.4, -0.2) is 59.5 Å². The van der Waals surface area contributed by atoms with Crippen molar-refractivity contribution in [3.05, 3.63) is 35.3 Å². The number of likely N-dealkylation sites (tertiary alicyclic amines) is 1. The number of hydrogen-bond donors (Lipinski definition) is 1. The van der Waals surface area contributed by atoms with Crippen molar-refractivity contribution in [2.75, 3.05) is 18.1 Å². The molecule has 4 heterocycles. The smallest absolute Gasteiger partial charge is 0.336 e. The molecule has 180 valence electrons. The maximum atomic E-state index is 13.3. The van der Waals surface area contributed by atoms with Crippen molar-refractivity contribution in [3.63, 3.8) is 0 Å². The van der Waals surface area contributed by atoms with Crippen molar-refractivity contribution >= 4 is 30.1 Å². The summed E-state index contributed by atoms with van der Waals surface area (Å²) in [4.78, 5) is 33.6. The van der Waals surface area contributed by atoms with Crippen molar-refractivity contribution in [3.8, 4) is 0 Å². The summed E-state index contributed by atoms with van der Waals surface area (Å²) in [5.74, 6) is -0.131. The van der Waals surface area contributed by atoms with Gasteiger partial charge < -0.3 is 19.9 Å². The van der Waals surface area contributed by atoms with Gasteiger partial charge in [-0.15, -0.1) is 5.10 Å². The second kappa shape index (κ2) is 9.29. The molecule has 0 radical (unpaired) electrons. The summed E-state index contributed by atoms with van der Waals surface area (Å²) in [6.45, 7) is 5.50. The Morgan fingerprint density at radius 1 is 1.18 bits per heavy atom. The van der Waals surface area contributed by atoms with Crippen LogP contribution < -0.4 is 10.2 Å². The third-order valence-electron chi connectivity index (χ3n) is 7.79. The number of pyridine rings is 1. The van der Waals surface area contributed by atoms with Crippen LogP contribution >= 0.6 is 0 Å². The molecule has 3 aliphatic heterocycles. The van der Waals surface area contributed by atoms with Gasteiger partial charge >= 0.3 is 5.97 Å². The molecule has 1 aromatic rings. The zero-order chi connectivity index (χ0) is 23.7. The molecule has 1 spiro atoms. The molecule has 1 aliphatic carbocycles. The highest BCUT2D eigenvalue weighted by molar-refractivity contribution is 5.94. The molecular weight excluding hydrogens is 432 g/mol. The van der Waals surface area contributed by atoms with Crippen molar-refractivity contribution in [2.24, 2.45) is 15.6 Å². The van der Waals surface area contributed by atoms with Gasteiger partial charge in [-0.2, -0.15) is 5.10 Å². The predicted molar refractivity (Wildman–Crippen MR) is 129 cm³/mol. The monoisotopic (exact) mass is 464 g/mol.